The summed E-state index contributed by atoms with van der Waals surface area (Å²) in [4.78, 5) is 24.6. The van der Waals surface area contributed by atoms with E-state index >= 15 is 0 Å². The van der Waals surface area contributed by atoms with E-state index in [1.165, 1.54) is 12.5 Å². The predicted molar refractivity (Wildman–Crippen MR) is 77.2 cm³/mol. The molecule has 1 aromatic rings. The molecule has 0 unspecified atom stereocenters. The minimum absolute atomic E-state index is 0.00332. The Labute approximate surface area is 114 Å². The number of nitrogens with zero attached hydrogens (tertiary/aromatic N) is 1. The summed E-state index contributed by atoms with van der Waals surface area (Å²) in [5.74, 6) is -0.0161. The van der Waals surface area contributed by atoms with Crippen LogP contribution >= 0.6 is 0 Å². The third kappa shape index (κ3) is 4.39. The second kappa shape index (κ2) is 6.92. The zero-order valence-electron chi connectivity index (χ0n) is 12.1. The van der Waals surface area contributed by atoms with E-state index in [4.69, 9.17) is 0 Å². The number of hydrogen-bond donors (Lipinski definition) is 1. The summed E-state index contributed by atoms with van der Waals surface area (Å²) >= 11 is 0. The number of amides is 2. The lowest BCUT2D eigenvalue weighted by atomic mass is 10.1. The van der Waals surface area contributed by atoms with Crippen molar-refractivity contribution in [1.82, 2.24) is 5.32 Å². The fourth-order valence-electron chi connectivity index (χ4n) is 1.79. The van der Waals surface area contributed by atoms with E-state index in [1.54, 1.807) is 11.8 Å². The Morgan fingerprint density at radius 3 is 2.42 bits per heavy atom. The summed E-state index contributed by atoms with van der Waals surface area (Å²) in [5, 5.41) is 2.78. The third-order valence-electron chi connectivity index (χ3n) is 3.16. The normalized spacial score (nSPS) is 10.1. The van der Waals surface area contributed by atoms with Crippen LogP contribution in [0.5, 0.6) is 0 Å². The van der Waals surface area contributed by atoms with Gasteiger partial charge in [0.25, 0.3) is 0 Å². The molecule has 4 heteroatoms. The van der Waals surface area contributed by atoms with Gasteiger partial charge in [-0.1, -0.05) is 13.0 Å². The minimum Gasteiger partial charge on any atom is -0.354 e. The highest BCUT2D eigenvalue weighted by molar-refractivity contribution is 5.91. The van der Waals surface area contributed by atoms with E-state index in [2.05, 4.69) is 5.32 Å². The lowest BCUT2D eigenvalue weighted by Crippen LogP contribution is -2.37. The van der Waals surface area contributed by atoms with Gasteiger partial charge in [0, 0.05) is 32.1 Å². The van der Waals surface area contributed by atoms with Crippen LogP contribution in [-0.4, -0.2) is 24.9 Å². The molecule has 0 bridgehead atoms. The second-order valence-electron chi connectivity index (χ2n) is 4.64. The molecule has 0 saturated carbocycles. The van der Waals surface area contributed by atoms with Crippen LogP contribution in [0.15, 0.2) is 18.2 Å². The molecule has 0 atom stereocenters. The molecule has 1 aromatic carbocycles. The molecule has 0 fully saturated rings. The first-order chi connectivity index (χ1) is 8.95. The largest absolute Gasteiger partial charge is 0.354 e. The number of nitrogens with one attached hydrogen (secondary N) is 1. The molecule has 0 aromatic heterocycles. The number of aryl methyl sites for hydroxylation is 2. The monoisotopic (exact) mass is 262 g/mol. The van der Waals surface area contributed by atoms with Gasteiger partial charge in [0.15, 0.2) is 0 Å². The predicted octanol–water partition coefficient (Wildman–Crippen LogP) is 2.18. The van der Waals surface area contributed by atoms with Crippen molar-refractivity contribution in [3.8, 4) is 0 Å². The molecular formula is C15H22N2O2. The summed E-state index contributed by atoms with van der Waals surface area (Å²) in [6.07, 6.45) is 0.462. The Morgan fingerprint density at radius 1 is 1.21 bits per heavy atom. The summed E-state index contributed by atoms with van der Waals surface area (Å²) in [5.41, 5.74) is 3.23. The molecule has 104 valence electrons. The van der Waals surface area contributed by atoms with Crippen molar-refractivity contribution < 1.29 is 9.59 Å². The molecule has 0 aliphatic heterocycles. The van der Waals surface area contributed by atoms with E-state index < -0.39 is 0 Å². The highest BCUT2D eigenvalue weighted by Crippen LogP contribution is 2.18. The van der Waals surface area contributed by atoms with Crippen LogP contribution in [-0.2, 0) is 9.59 Å². The summed E-state index contributed by atoms with van der Waals surface area (Å²) in [6, 6.07) is 5.94. The van der Waals surface area contributed by atoms with E-state index in [1.807, 2.05) is 32.0 Å². The van der Waals surface area contributed by atoms with Crippen LogP contribution in [0.2, 0.25) is 0 Å². The minimum atomic E-state index is -0.0194. The number of carbonyl (C=O) groups is 2. The van der Waals surface area contributed by atoms with Gasteiger partial charge < -0.3 is 10.2 Å². The Kier molecular flexibility index (Phi) is 5.55. The number of benzene rings is 1. The molecule has 0 saturated heterocycles. The maximum absolute atomic E-state index is 11.7. The Hall–Kier alpha value is -1.84. The highest BCUT2D eigenvalue weighted by Gasteiger charge is 2.12. The summed E-state index contributed by atoms with van der Waals surface area (Å²) < 4.78 is 0. The molecule has 0 spiro atoms. The highest BCUT2D eigenvalue weighted by atomic mass is 16.2. The molecule has 0 radical (unpaired) electrons. The Balaban J connectivity index is 2.74. The van der Waals surface area contributed by atoms with Crippen molar-refractivity contribution in [3.05, 3.63) is 29.3 Å². The average molecular weight is 262 g/mol. The van der Waals surface area contributed by atoms with Crippen molar-refractivity contribution >= 4 is 17.5 Å². The summed E-state index contributed by atoms with van der Waals surface area (Å²) in [6.45, 7) is 8.37. The zero-order chi connectivity index (χ0) is 14.4. The van der Waals surface area contributed by atoms with Crippen LogP contribution in [0.3, 0.4) is 0 Å². The molecule has 1 N–H and O–H groups in total. The Morgan fingerprint density at radius 2 is 1.89 bits per heavy atom. The van der Waals surface area contributed by atoms with Gasteiger partial charge in [-0.2, -0.15) is 0 Å². The van der Waals surface area contributed by atoms with Crippen molar-refractivity contribution in [2.45, 2.75) is 34.1 Å². The molecule has 1 rings (SSSR count). The third-order valence-corrected chi connectivity index (χ3v) is 3.16. The van der Waals surface area contributed by atoms with Crippen molar-refractivity contribution in [3.63, 3.8) is 0 Å². The number of hydrogen-bond acceptors (Lipinski definition) is 2. The van der Waals surface area contributed by atoms with E-state index in [0.717, 1.165) is 11.3 Å². The standard InChI is InChI=1S/C15H22N2O2/c1-5-15(19)16-8-9-17(13(4)18)14-7-6-11(2)12(3)10-14/h6-7,10H,5,8-9H2,1-4H3,(H,16,19). The number of rotatable bonds is 5. The lowest BCUT2D eigenvalue weighted by Gasteiger charge is -2.22. The van der Waals surface area contributed by atoms with Crippen LogP contribution in [0, 0.1) is 13.8 Å². The zero-order valence-corrected chi connectivity index (χ0v) is 12.1. The summed E-state index contributed by atoms with van der Waals surface area (Å²) in [7, 11) is 0. The van der Waals surface area contributed by atoms with Crippen LogP contribution in [0.25, 0.3) is 0 Å². The van der Waals surface area contributed by atoms with Crippen molar-refractivity contribution in [2.75, 3.05) is 18.0 Å². The van der Waals surface area contributed by atoms with E-state index in [0.29, 0.717) is 19.5 Å². The molecule has 4 nitrogen and oxygen atoms in total. The fourth-order valence-corrected chi connectivity index (χ4v) is 1.79. The first kappa shape index (κ1) is 15.2. The van der Waals surface area contributed by atoms with Gasteiger partial charge in [0.2, 0.25) is 11.8 Å². The molecule has 19 heavy (non-hydrogen) atoms. The molecule has 0 heterocycles. The smallest absolute Gasteiger partial charge is 0.223 e. The van der Waals surface area contributed by atoms with Gasteiger partial charge in [-0.05, 0) is 37.1 Å². The SMILES string of the molecule is CCC(=O)NCCN(C(C)=O)c1ccc(C)c(C)c1. The number of anilines is 1. The van der Waals surface area contributed by atoms with Gasteiger partial charge in [0.1, 0.15) is 0 Å². The van der Waals surface area contributed by atoms with Crippen LogP contribution < -0.4 is 10.2 Å². The fraction of sp³-hybridized carbons (Fsp3) is 0.467. The van der Waals surface area contributed by atoms with E-state index in [-0.39, 0.29) is 11.8 Å². The van der Waals surface area contributed by atoms with Gasteiger partial charge in [-0.15, -0.1) is 0 Å². The lowest BCUT2D eigenvalue weighted by molar-refractivity contribution is -0.121. The molecule has 0 aliphatic rings. The maximum atomic E-state index is 11.7. The van der Waals surface area contributed by atoms with Gasteiger partial charge in [-0.3, -0.25) is 9.59 Å². The first-order valence-electron chi connectivity index (χ1n) is 6.57. The van der Waals surface area contributed by atoms with Crippen LogP contribution in [0.4, 0.5) is 5.69 Å². The Bertz CT molecular complexity index is 469. The second-order valence-corrected chi connectivity index (χ2v) is 4.64. The quantitative estimate of drug-likeness (QED) is 0.884. The maximum Gasteiger partial charge on any atom is 0.223 e. The van der Waals surface area contributed by atoms with Gasteiger partial charge in [0.05, 0.1) is 0 Å². The molecule has 2 amide bonds. The van der Waals surface area contributed by atoms with Gasteiger partial charge in [-0.25, -0.2) is 0 Å². The van der Waals surface area contributed by atoms with Crippen molar-refractivity contribution in [1.29, 1.82) is 0 Å². The average Bonchev–Trinajstić information content (AvgIpc) is 2.37. The molecular weight excluding hydrogens is 240 g/mol. The molecule has 0 aliphatic carbocycles. The topological polar surface area (TPSA) is 49.4 Å². The first-order valence-corrected chi connectivity index (χ1v) is 6.57. The van der Waals surface area contributed by atoms with E-state index in [9.17, 15) is 9.59 Å². The van der Waals surface area contributed by atoms with Gasteiger partial charge >= 0.3 is 0 Å². The van der Waals surface area contributed by atoms with Crippen molar-refractivity contribution in [2.24, 2.45) is 0 Å². The number of carbonyl (C=O) groups excluding carboxylic acids is 2. The van der Waals surface area contributed by atoms with Crippen LogP contribution in [0.1, 0.15) is 31.4 Å².